The number of para-hydroxylation sites is 1. The van der Waals surface area contributed by atoms with Gasteiger partial charge in [0.2, 0.25) is 0 Å². The molecule has 1 heterocycles. The largest absolute Gasteiger partial charge is 0.489 e. The highest BCUT2D eigenvalue weighted by Crippen LogP contribution is 2.51. The van der Waals surface area contributed by atoms with Crippen LogP contribution in [0.5, 0.6) is 5.75 Å². The normalized spacial score (nSPS) is 19.6. The van der Waals surface area contributed by atoms with Gasteiger partial charge in [-0.2, -0.15) is 0 Å². The quantitative estimate of drug-likeness (QED) is 0.240. The zero-order chi connectivity index (χ0) is 27.0. The van der Waals surface area contributed by atoms with Gasteiger partial charge in [0.1, 0.15) is 12.4 Å². The fraction of sp³-hybridized carbons (Fsp3) is 0.212. The van der Waals surface area contributed by atoms with Gasteiger partial charge >= 0.3 is 0 Å². The summed E-state index contributed by atoms with van der Waals surface area (Å²) in [4.78, 5) is 0.269. The van der Waals surface area contributed by atoms with E-state index < -0.39 is 10.0 Å². The summed E-state index contributed by atoms with van der Waals surface area (Å²) in [6.45, 7) is 4.49. The van der Waals surface area contributed by atoms with Gasteiger partial charge in [-0.05, 0) is 84.8 Å². The van der Waals surface area contributed by atoms with E-state index in [1.54, 1.807) is 12.1 Å². The van der Waals surface area contributed by atoms with Gasteiger partial charge < -0.3 is 10.1 Å². The van der Waals surface area contributed by atoms with Gasteiger partial charge in [-0.3, -0.25) is 4.72 Å². The van der Waals surface area contributed by atoms with Crippen molar-refractivity contribution in [1.29, 1.82) is 0 Å². The molecule has 0 saturated heterocycles. The number of rotatable bonds is 7. The van der Waals surface area contributed by atoms with Gasteiger partial charge in [-0.15, -0.1) is 0 Å². The first-order chi connectivity index (χ1) is 18.9. The molecule has 0 radical (unpaired) electrons. The molecule has 5 nitrogen and oxygen atoms in total. The van der Waals surface area contributed by atoms with Crippen LogP contribution in [-0.2, 0) is 16.6 Å². The fourth-order valence-electron chi connectivity index (χ4n) is 5.67. The Balaban J connectivity index is 1.29. The lowest BCUT2D eigenvalue weighted by molar-refractivity contribution is 0.296. The van der Waals surface area contributed by atoms with Crippen LogP contribution >= 0.6 is 0 Å². The van der Waals surface area contributed by atoms with E-state index in [0.29, 0.717) is 12.3 Å². The molecule has 6 rings (SSSR count). The molecule has 3 unspecified atom stereocenters. The summed E-state index contributed by atoms with van der Waals surface area (Å²) in [5.41, 5.74) is 6.94. The average molecular weight is 537 g/mol. The summed E-state index contributed by atoms with van der Waals surface area (Å²) in [7, 11) is -3.73. The molecule has 1 aliphatic carbocycles. The van der Waals surface area contributed by atoms with Gasteiger partial charge in [0.25, 0.3) is 10.0 Å². The summed E-state index contributed by atoms with van der Waals surface area (Å²) >= 11 is 0. The molecule has 0 spiro atoms. The average Bonchev–Trinajstić information content (AvgIpc) is 3.44. The van der Waals surface area contributed by atoms with Crippen LogP contribution in [0.25, 0.3) is 0 Å². The maximum Gasteiger partial charge on any atom is 0.261 e. The van der Waals surface area contributed by atoms with Crippen LogP contribution in [0.4, 0.5) is 11.4 Å². The third kappa shape index (κ3) is 5.04. The topological polar surface area (TPSA) is 67.4 Å². The van der Waals surface area contributed by atoms with E-state index in [9.17, 15) is 8.42 Å². The van der Waals surface area contributed by atoms with Crippen molar-refractivity contribution in [2.75, 3.05) is 10.0 Å². The molecule has 4 aromatic rings. The zero-order valence-corrected chi connectivity index (χ0v) is 22.9. The zero-order valence-electron chi connectivity index (χ0n) is 22.1. The van der Waals surface area contributed by atoms with E-state index in [1.807, 2.05) is 74.5 Å². The van der Waals surface area contributed by atoms with Crippen LogP contribution in [-0.4, -0.2) is 8.42 Å². The molecule has 198 valence electrons. The molecule has 39 heavy (non-hydrogen) atoms. The predicted octanol–water partition coefficient (Wildman–Crippen LogP) is 7.51. The molecule has 6 heteroatoms. The Labute approximate surface area is 230 Å². The highest BCUT2D eigenvalue weighted by atomic mass is 32.2. The summed E-state index contributed by atoms with van der Waals surface area (Å²) < 4.78 is 35.7. The Bertz CT molecular complexity index is 1650. The first kappa shape index (κ1) is 25.3. The van der Waals surface area contributed by atoms with Crippen molar-refractivity contribution in [3.63, 3.8) is 0 Å². The van der Waals surface area contributed by atoms with Crippen LogP contribution in [0.2, 0.25) is 0 Å². The number of hydrogen-bond acceptors (Lipinski definition) is 4. The molecule has 4 aromatic carbocycles. The number of benzene rings is 4. The van der Waals surface area contributed by atoms with Gasteiger partial charge in [0.05, 0.1) is 10.9 Å². The second kappa shape index (κ2) is 10.3. The Hall–Kier alpha value is -4.03. The van der Waals surface area contributed by atoms with Crippen LogP contribution in [0.15, 0.2) is 108 Å². The van der Waals surface area contributed by atoms with Crippen LogP contribution in [0.1, 0.15) is 46.2 Å². The number of aryl methyl sites for hydroxylation is 2. The van der Waals surface area contributed by atoms with Crippen molar-refractivity contribution >= 4 is 21.4 Å². The molecule has 1 aliphatic heterocycles. The van der Waals surface area contributed by atoms with Crippen molar-refractivity contribution in [3.8, 4) is 5.75 Å². The Morgan fingerprint density at radius 3 is 2.49 bits per heavy atom. The third-order valence-corrected chi connectivity index (χ3v) is 9.27. The van der Waals surface area contributed by atoms with E-state index in [2.05, 4.69) is 40.4 Å². The standard InChI is InChI=1S/C33H32N2O3S/c1-22-15-16-25(19-23(22)2)35-39(36,37)26-17-18-31-30(20-26)27-12-8-13-28(27)33(34-31)29-11-6-7-14-32(29)38-21-24-9-4-3-5-10-24/h3-12,14-20,27-28,33-35H,13,21H2,1-2H3. The SMILES string of the molecule is Cc1ccc(NS(=O)(=O)c2ccc3c(c2)C2C=CCC2C(c2ccccc2OCc2ccccc2)N3)cc1C. The van der Waals surface area contributed by atoms with Gasteiger partial charge in [-0.25, -0.2) is 8.42 Å². The number of hydrogen-bond donors (Lipinski definition) is 2. The van der Waals surface area contributed by atoms with Crippen molar-refractivity contribution < 1.29 is 13.2 Å². The smallest absolute Gasteiger partial charge is 0.261 e. The molecular formula is C33H32N2O3S. The maximum atomic E-state index is 13.3. The van der Waals surface area contributed by atoms with Crippen molar-refractivity contribution in [3.05, 3.63) is 131 Å². The lowest BCUT2D eigenvalue weighted by atomic mass is 9.77. The van der Waals surface area contributed by atoms with Gasteiger partial charge in [-0.1, -0.05) is 66.7 Å². The van der Waals surface area contributed by atoms with Crippen molar-refractivity contribution in [2.45, 2.75) is 43.7 Å². The summed E-state index contributed by atoms with van der Waals surface area (Å²) in [6.07, 6.45) is 5.34. The van der Waals surface area contributed by atoms with Gasteiger partial charge in [0, 0.05) is 22.9 Å². The number of sulfonamides is 1. The molecule has 0 amide bonds. The highest BCUT2D eigenvalue weighted by Gasteiger charge is 2.39. The lowest BCUT2D eigenvalue weighted by Gasteiger charge is -2.38. The van der Waals surface area contributed by atoms with E-state index in [-0.39, 0.29) is 22.8 Å². The molecule has 3 atom stereocenters. The Kier molecular flexibility index (Phi) is 6.65. The second-order valence-corrected chi connectivity index (χ2v) is 12.1. The molecule has 2 aliphatic rings. The number of ether oxygens (including phenoxy) is 1. The van der Waals surface area contributed by atoms with Crippen LogP contribution in [0, 0.1) is 19.8 Å². The molecule has 0 fully saturated rings. The minimum absolute atomic E-state index is 0.0422. The second-order valence-electron chi connectivity index (χ2n) is 10.4. The van der Waals surface area contributed by atoms with E-state index in [0.717, 1.165) is 45.7 Å². The van der Waals surface area contributed by atoms with Crippen LogP contribution < -0.4 is 14.8 Å². The molecule has 0 bridgehead atoms. The first-order valence-electron chi connectivity index (χ1n) is 13.3. The first-order valence-corrected chi connectivity index (χ1v) is 14.8. The number of fused-ring (bicyclic) bond motifs is 3. The summed E-state index contributed by atoms with van der Waals surface area (Å²) in [5, 5.41) is 3.73. The third-order valence-electron chi connectivity index (χ3n) is 7.89. The van der Waals surface area contributed by atoms with Crippen LogP contribution in [0.3, 0.4) is 0 Å². The monoisotopic (exact) mass is 536 g/mol. The molecule has 0 saturated carbocycles. The highest BCUT2D eigenvalue weighted by molar-refractivity contribution is 7.92. The molecular weight excluding hydrogens is 504 g/mol. The molecule has 2 N–H and O–H groups in total. The minimum Gasteiger partial charge on any atom is -0.489 e. The van der Waals surface area contributed by atoms with Crippen molar-refractivity contribution in [2.24, 2.45) is 5.92 Å². The number of allylic oxidation sites excluding steroid dienone is 2. The predicted molar refractivity (Wildman–Crippen MR) is 157 cm³/mol. The Morgan fingerprint density at radius 1 is 0.872 bits per heavy atom. The summed E-state index contributed by atoms with van der Waals surface area (Å²) in [6, 6.07) is 29.4. The van der Waals surface area contributed by atoms with Crippen molar-refractivity contribution in [1.82, 2.24) is 0 Å². The van der Waals surface area contributed by atoms with Gasteiger partial charge in [0.15, 0.2) is 0 Å². The minimum atomic E-state index is -3.73. The summed E-state index contributed by atoms with van der Waals surface area (Å²) in [5.74, 6) is 1.24. The van der Waals surface area contributed by atoms with E-state index >= 15 is 0 Å². The number of anilines is 2. The van der Waals surface area contributed by atoms with E-state index in [1.165, 1.54) is 0 Å². The van der Waals surface area contributed by atoms with E-state index in [4.69, 9.17) is 4.74 Å². The Morgan fingerprint density at radius 2 is 1.67 bits per heavy atom. The molecule has 0 aromatic heterocycles. The lowest BCUT2D eigenvalue weighted by Crippen LogP contribution is -2.29. The maximum absolute atomic E-state index is 13.3. The fourth-order valence-corrected chi connectivity index (χ4v) is 6.76. The number of nitrogens with one attached hydrogen (secondary N) is 2.